The number of carboxylic acids is 2. The molecule has 0 aliphatic carbocycles. The van der Waals surface area contributed by atoms with E-state index in [9.17, 15) is 24.3 Å². The van der Waals surface area contributed by atoms with Gasteiger partial charge in [-0.25, -0.2) is 9.59 Å². The van der Waals surface area contributed by atoms with Gasteiger partial charge in [-0.15, -0.1) is 0 Å². The van der Waals surface area contributed by atoms with Crippen LogP contribution in [0.2, 0.25) is 0 Å². The number of unbranched alkanes of at least 4 members (excludes halogenated alkanes) is 1. The Bertz CT molecular complexity index is 1260. The number of rotatable bonds is 17. The van der Waals surface area contributed by atoms with Crippen LogP contribution in [0.4, 0.5) is 0 Å². The molecule has 11 nitrogen and oxygen atoms in total. The molecule has 0 aromatic heterocycles. The van der Waals surface area contributed by atoms with Crippen molar-refractivity contribution in [2.45, 2.75) is 129 Å². The highest BCUT2D eigenvalue weighted by Crippen LogP contribution is 2.48. The maximum atomic E-state index is 12.9. The van der Waals surface area contributed by atoms with Crippen LogP contribution >= 0.6 is 0 Å². The lowest BCUT2D eigenvalue weighted by Crippen LogP contribution is -2.59. The summed E-state index contributed by atoms with van der Waals surface area (Å²) in [5.74, 6) is -4.31. The van der Waals surface area contributed by atoms with Gasteiger partial charge >= 0.3 is 23.9 Å². The molecule has 0 amide bonds. The number of ether oxygens (including phenoxy) is 4. The summed E-state index contributed by atoms with van der Waals surface area (Å²) in [6, 6.07) is 0. The summed E-state index contributed by atoms with van der Waals surface area (Å²) in [7, 11) is 1.30. The molecule has 2 fully saturated rings. The Morgan fingerprint density at radius 3 is 2.35 bits per heavy atom. The van der Waals surface area contributed by atoms with Gasteiger partial charge in [-0.3, -0.25) is 9.59 Å². The number of carbonyl (C=O) groups excluding carboxylic acids is 2. The number of esters is 2. The summed E-state index contributed by atoms with van der Waals surface area (Å²) in [5.41, 5.74) is 0.498. The summed E-state index contributed by atoms with van der Waals surface area (Å²) in [5, 5.41) is 28.3. The fourth-order valence-corrected chi connectivity index (χ4v) is 5.86. The topological polar surface area (TPSA) is 166 Å². The number of allylic oxidation sites excluding steroid dienone is 4. The molecule has 0 bridgehead atoms. The largest absolute Gasteiger partial charge is 0.481 e. The Kier molecular flexibility index (Phi) is 16.5. The first-order valence-corrected chi connectivity index (χ1v) is 16.8. The molecule has 7 atom stereocenters. The number of aliphatic hydroxyl groups excluding tert-OH is 1. The van der Waals surface area contributed by atoms with Crippen molar-refractivity contribution in [3.05, 3.63) is 59.8 Å². The maximum absolute atomic E-state index is 12.9. The number of carbonyl (C=O) groups is 4. The zero-order chi connectivity index (χ0) is 35.9. The molecule has 1 spiro atoms. The second-order valence-electron chi connectivity index (χ2n) is 13.0. The lowest BCUT2D eigenvalue weighted by molar-refractivity contribution is -0.344. The molecule has 2 aliphatic rings. The molecule has 11 heteroatoms. The molecule has 2 saturated heterocycles. The third-order valence-corrected chi connectivity index (χ3v) is 8.97. The molecule has 0 radical (unpaired) electrons. The van der Waals surface area contributed by atoms with E-state index < -0.39 is 47.5 Å². The number of aliphatic hydroxyl groups is 1. The molecular formula is C37H54O11. The lowest BCUT2D eigenvalue weighted by atomic mass is 9.78. The first kappa shape index (κ1) is 40.6. The molecule has 3 N–H and O–H groups in total. The van der Waals surface area contributed by atoms with Crippen LogP contribution in [0.1, 0.15) is 98.8 Å². The summed E-state index contributed by atoms with van der Waals surface area (Å²) >= 11 is 0. The number of hydrogen-bond acceptors (Lipinski definition) is 9. The Hall–Kier alpha value is -3.54. The van der Waals surface area contributed by atoms with Crippen molar-refractivity contribution in [3.8, 4) is 0 Å². The second kappa shape index (κ2) is 19.5. The van der Waals surface area contributed by atoms with E-state index in [4.69, 9.17) is 29.2 Å². The van der Waals surface area contributed by atoms with Gasteiger partial charge in [-0.2, -0.15) is 0 Å². The van der Waals surface area contributed by atoms with Crippen molar-refractivity contribution in [3.63, 3.8) is 0 Å². The van der Waals surface area contributed by atoms with Crippen LogP contribution in [0.5, 0.6) is 0 Å². The third kappa shape index (κ3) is 13.2. The van der Waals surface area contributed by atoms with Crippen LogP contribution in [0.25, 0.3) is 0 Å². The standard InChI is InChI=1S/C37H54O11/c1-7-8-20-36(48-34(43)18-17-33(41)42)22-23-37(47-31(36)15-11-26(3)24-35(44)45-6)21-19-28(5)30(46-37)14-10-25(2)9-13-29(38)27(4)12-16-32(39)40/h9-13,15-16,24,27-31,38H,7-8,14,17-23H2,1-6H3,(H,39,40)(H,41,42)/b13-9+,15-11+,16-12+,25-10+,26-24+/t27-,28-,29-,30+,31-,36+,37-/m0/s1. The average Bonchev–Trinajstić information content (AvgIpc) is 3.04. The molecule has 2 heterocycles. The average molecular weight is 675 g/mol. The van der Waals surface area contributed by atoms with E-state index in [0.29, 0.717) is 37.7 Å². The van der Waals surface area contributed by atoms with E-state index in [1.165, 1.54) is 19.3 Å². The molecule has 2 rings (SSSR count). The highest BCUT2D eigenvalue weighted by atomic mass is 16.7. The predicted molar refractivity (Wildman–Crippen MR) is 180 cm³/mol. The van der Waals surface area contributed by atoms with E-state index in [-0.39, 0.29) is 30.8 Å². The normalized spacial score (nSPS) is 28.2. The minimum absolute atomic E-state index is 0.170. The van der Waals surface area contributed by atoms with E-state index in [2.05, 4.69) is 6.92 Å². The molecule has 0 aromatic rings. The van der Waals surface area contributed by atoms with Crippen LogP contribution in [-0.2, 0) is 38.1 Å². The van der Waals surface area contributed by atoms with Crippen molar-refractivity contribution in [2.75, 3.05) is 7.11 Å². The smallest absolute Gasteiger partial charge is 0.330 e. The summed E-state index contributed by atoms with van der Waals surface area (Å²) < 4.78 is 24.4. The molecule has 0 saturated carbocycles. The quantitative estimate of drug-likeness (QED) is 0.0911. The van der Waals surface area contributed by atoms with Crippen LogP contribution in [0, 0.1) is 11.8 Å². The predicted octanol–water partition coefficient (Wildman–Crippen LogP) is 6.22. The summed E-state index contributed by atoms with van der Waals surface area (Å²) in [6.45, 7) is 9.59. The SMILES string of the molecule is CCCC[C@@]1(OC(=O)CCC(=O)O)CC[C@]2(CC[C@H](C)[C@@H](C/C=C(C)/C=C/[C@H](O)[C@@H](C)/C=C/C(=O)O)O2)O[C@H]1/C=C/C(C)=C/C(=O)OC. The summed E-state index contributed by atoms with van der Waals surface area (Å²) in [6.07, 6.45) is 15.6. The first-order chi connectivity index (χ1) is 22.6. The van der Waals surface area contributed by atoms with Gasteiger partial charge in [0, 0.05) is 30.9 Å². The van der Waals surface area contributed by atoms with Gasteiger partial charge in [0.05, 0.1) is 32.2 Å². The van der Waals surface area contributed by atoms with Gasteiger partial charge < -0.3 is 34.3 Å². The maximum Gasteiger partial charge on any atom is 0.330 e. The van der Waals surface area contributed by atoms with Gasteiger partial charge in [0.25, 0.3) is 0 Å². The van der Waals surface area contributed by atoms with Crippen LogP contribution in [-0.4, -0.2) is 76.0 Å². The van der Waals surface area contributed by atoms with E-state index in [0.717, 1.165) is 30.9 Å². The minimum Gasteiger partial charge on any atom is -0.481 e. The highest BCUT2D eigenvalue weighted by molar-refractivity contribution is 5.83. The second-order valence-corrected chi connectivity index (χ2v) is 13.0. The molecule has 0 aromatic carbocycles. The van der Waals surface area contributed by atoms with Crippen LogP contribution < -0.4 is 0 Å². The van der Waals surface area contributed by atoms with Crippen molar-refractivity contribution in [1.29, 1.82) is 0 Å². The van der Waals surface area contributed by atoms with Crippen molar-refractivity contribution in [2.24, 2.45) is 11.8 Å². The third-order valence-electron chi connectivity index (χ3n) is 8.97. The molecule has 0 unspecified atom stereocenters. The van der Waals surface area contributed by atoms with Crippen LogP contribution in [0.15, 0.2) is 59.8 Å². The Morgan fingerprint density at radius 2 is 1.71 bits per heavy atom. The van der Waals surface area contributed by atoms with Gasteiger partial charge in [0.2, 0.25) is 0 Å². The number of methoxy groups -OCH3 is 1. The number of hydrogen-bond donors (Lipinski definition) is 3. The van der Waals surface area contributed by atoms with Crippen molar-refractivity contribution >= 4 is 23.9 Å². The fraction of sp³-hybridized carbons (Fsp3) is 0.622. The van der Waals surface area contributed by atoms with Gasteiger partial charge in [0.1, 0.15) is 11.7 Å². The molecule has 2 aliphatic heterocycles. The number of aliphatic carboxylic acids is 2. The Labute approximate surface area is 284 Å². The monoisotopic (exact) mass is 674 g/mol. The van der Waals surface area contributed by atoms with E-state index in [1.54, 1.807) is 32.1 Å². The highest BCUT2D eigenvalue weighted by Gasteiger charge is 2.54. The van der Waals surface area contributed by atoms with E-state index in [1.807, 2.05) is 26.0 Å². The van der Waals surface area contributed by atoms with Gasteiger partial charge in [-0.05, 0) is 57.4 Å². The van der Waals surface area contributed by atoms with Crippen molar-refractivity contribution < 1.29 is 53.4 Å². The lowest BCUT2D eigenvalue weighted by Gasteiger charge is -2.53. The number of carboxylic acid groups (broad SMARTS) is 2. The zero-order valence-corrected chi connectivity index (χ0v) is 29.2. The molecule has 268 valence electrons. The molecular weight excluding hydrogens is 620 g/mol. The van der Waals surface area contributed by atoms with Gasteiger partial charge in [-0.1, -0.05) is 69.2 Å². The first-order valence-electron chi connectivity index (χ1n) is 16.8. The Balaban J connectivity index is 2.32. The van der Waals surface area contributed by atoms with E-state index >= 15 is 0 Å². The van der Waals surface area contributed by atoms with Crippen molar-refractivity contribution in [1.82, 2.24) is 0 Å². The van der Waals surface area contributed by atoms with Gasteiger partial charge in [0.15, 0.2) is 5.79 Å². The zero-order valence-electron chi connectivity index (χ0n) is 29.2. The molecule has 48 heavy (non-hydrogen) atoms. The van der Waals surface area contributed by atoms with Crippen LogP contribution in [0.3, 0.4) is 0 Å². The minimum atomic E-state index is -1.08. The fourth-order valence-electron chi connectivity index (χ4n) is 5.86. The summed E-state index contributed by atoms with van der Waals surface area (Å²) in [4.78, 5) is 46.7. The Morgan fingerprint density at radius 1 is 0.979 bits per heavy atom.